The van der Waals surface area contributed by atoms with Crippen molar-refractivity contribution in [1.29, 1.82) is 0 Å². The van der Waals surface area contributed by atoms with Crippen LogP contribution in [-0.2, 0) is 0 Å². The van der Waals surface area contributed by atoms with E-state index in [4.69, 9.17) is 5.11 Å². The average molecular weight is 172 g/mol. The standard InChI is InChI=1S/C10H20O2/c1-8(2)10(12)5-4-9(3)6-7-11/h6,8,10-12H,4-5,7H2,1-3H3/b9-6+. The number of aliphatic hydroxyl groups excluding tert-OH is 2. The quantitative estimate of drug-likeness (QED) is 0.620. The van der Waals surface area contributed by atoms with Gasteiger partial charge in [-0.25, -0.2) is 0 Å². The number of aliphatic hydroxyl groups is 2. The maximum Gasteiger partial charge on any atom is 0.0614 e. The highest BCUT2D eigenvalue weighted by Crippen LogP contribution is 2.12. The van der Waals surface area contributed by atoms with Gasteiger partial charge < -0.3 is 10.2 Å². The van der Waals surface area contributed by atoms with E-state index in [1.54, 1.807) is 6.08 Å². The summed E-state index contributed by atoms with van der Waals surface area (Å²) < 4.78 is 0. The lowest BCUT2D eigenvalue weighted by Crippen LogP contribution is -2.14. The molecule has 2 N–H and O–H groups in total. The van der Waals surface area contributed by atoms with Gasteiger partial charge in [-0.05, 0) is 25.7 Å². The van der Waals surface area contributed by atoms with Crippen LogP contribution in [0.5, 0.6) is 0 Å². The molecule has 0 spiro atoms. The van der Waals surface area contributed by atoms with Crippen molar-refractivity contribution in [1.82, 2.24) is 0 Å². The molecular weight excluding hydrogens is 152 g/mol. The molecule has 1 atom stereocenters. The summed E-state index contributed by atoms with van der Waals surface area (Å²) in [6, 6.07) is 0. The Morgan fingerprint density at radius 1 is 1.42 bits per heavy atom. The normalized spacial score (nSPS) is 15.3. The predicted octanol–water partition coefficient (Wildman–Crippen LogP) is 1.72. The molecule has 0 aliphatic rings. The van der Waals surface area contributed by atoms with Crippen molar-refractivity contribution in [2.75, 3.05) is 6.61 Å². The van der Waals surface area contributed by atoms with Crippen molar-refractivity contribution in [3.8, 4) is 0 Å². The second-order valence-electron chi connectivity index (χ2n) is 3.58. The van der Waals surface area contributed by atoms with Crippen LogP contribution in [0, 0.1) is 5.92 Å². The Bertz CT molecular complexity index is 139. The molecular formula is C10H20O2. The second kappa shape index (κ2) is 6.21. The third-order valence-corrected chi connectivity index (χ3v) is 2.04. The van der Waals surface area contributed by atoms with E-state index in [-0.39, 0.29) is 12.7 Å². The van der Waals surface area contributed by atoms with E-state index in [9.17, 15) is 5.11 Å². The fourth-order valence-corrected chi connectivity index (χ4v) is 0.967. The van der Waals surface area contributed by atoms with Gasteiger partial charge >= 0.3 is 0 Å². The monoisotopic (exact) mass is 172 g/mol. The molecule has 12 heavy (non-hydrogen) atoms. The minimum atomic E-state index is -0.216. The second-order valence-corrected chi connectivity index (χ2v) is 3.58. The predicted molar refractivity (Wildman–Crippen MR) is 50.9 cm³/mol. The highest BCUT2D eigenvalue weighted by atomic mass is 16.3. The zero-order valence-corrected chi connectivity index (χ0v) is 8.25. The molecule has 0 bridgehead atoms. The Balaban J connectivity index is 3.61. The van der Waals surface area contributed by atoms with Crippen molar-refractivity contribution in [3.05, 3.63) is 11.6 Å². The summed E-state index contributed by atoms with van der Waals surface area (Å²) in [6.07, 6.45) is 3.24. The number of hydrogen-bond acceptors (Lipinski definition) is 2. The van der Waals surface area contributed by atoms with Crippen LogP contribution in [0.4, 0.5) is 0 Å². The molecule has 0 saturated heterocycles. The lowest BCUT2D eigenvalue weighted by molar-refractivity contribution is 0.116. The van der Waals surface area contributed by atoms with E-state index < -0.39 is 0 Å². The molecule has 0 aromatic heterocycles. The van der Waals surface area contributed by atoms with E-state index in [0.29, 0.717) is 5.92 Å². The summed E-state index contributed by atoms with van der Waals surface area (Å²) >= 11 is 0. The fraction of sp³-hybridized carbons (Fsp3) is 0.800. The minimum Gasteiger partial charge on any atom is -0.393 e. The first-order chi connectivity index (χ1) is 5.57. The summed E-state index contributed by atoms with van der Waals surface area (Å²) in [5.74, 6) is 0.326. The van der Waals surface area contributed by atoms with Gasteiger partial charge in [0, 0.05) is 0 Å². The molecule has 0 aromatic rings. The first-order valence-corrected chi connectivity index (χ1v) is 4.52. The summed E-state index contributed by atoms with van der Waals surface area (Å²) in [5.41, 5.74) is 1.15. The van der Waals surface area contributed by atoms with Gasteiger partial charge in [-0.1, -0.05) is 25.5 Å². The summed E-state index contributed by atoms with van der Waals surface area (Å²) in [7, 11) is 0. The van der Waals surface area contributed by atoms with Gasteiger partial charge in [-0.2, -0.15) is 0 Å². The van der Waals surface area contributed by atoms with Gasteiger partial charge in [-0.15, -0.1) is 0 Å². The molecule has 0 fully saturated rings. The van der Waals surface area contributed by atoms with Gasteiger partial charge in [0.05, 0.1) is 12.7 Å². The molecule has 0 heterocycles. The van der Waals surface area contributed by atoms with Crippen LogP contribution in [0.2, 0.25) is 0 Å². The van der Waals surface area contributed by atoms with Crippen molar-refractivity contribution in [2.24, 2.45) is 5.92 Å². The van der Waals surface area contributed by atoms with Gasteiger partial charge in [-0.3, -0.25) is 0 Å². The van der Waals surface area contributed by atoms with Crippen LogP contribution in [0.25, 0.3) is 0 Å². The zero-order chi connectivity index (χ0) is 9.56. The topological polar surface area (TPSA) is 40.5 Å². The SMILES string of the molecule is C/C(=C\CO)CCC(O)C(C)C. The Morgan fingerprint density at radius 2 is 2.00 bits per heavy atom. The summed E-state index contributed by atoms with van der Waals surface area (Å²) in [5, 5.41) is 18.0. The molecule has 72 valence electrons. The molecule has 0 radical (unpaired) electrons. The number of rotatable bonds is 5. The molecule has 2 heteroatoms. The van der Waals surface area contributed by atoms with E-state index in [1.807, 2.05) is 20.8 Å². The molecule has 1 unspecified atom stereocenters. The van der Waals surface area contributed by atoms with E-state index >= 15 is 0 Å². The first kappa shape index (κ1) is 11.7. The van der Waals surface area contributed by atoms with Crippen LogP contribution in [0.3, 0.4) is 0 Å². The highest BCUT2D eigenvalue weighted by molar-refractivity contribution is 4.97. The molecule has 0 rings (SSSR count). The van der Waals surface area contributed by atoms with E-state index in [1.165, 1.54) is 0 Å². The Labute approximate surface area is 74.9 Å². The first-order valence-electron chi connectivity index (χ1n) is 4.52. The molecule has 0 saturated carbocycles. The molecule has 0 aliphatic heterocycles. The number of hydrogen-bond donors (Lipinski definition) is 2. The lowest BCUT2D eigenvalue weighted by Gasteiger charge is -2.13. The third-order valence-electron chi connectivity index (χ3n) is 2.04. The Hall–Kier alpha value is -0.340. The lowest BCUT2D eigenvalue weighted by atomic mass is 10.00. The summed E-state index contributed by atoms with van der Waals surface area (Å²) in [6.45, 7) is 6.10. The number of allylic oxidation sites excluding steroid dienone is 1. The van der Waals surface area contributed by atoms with Gasteiger partial charge in [0.25, 0.3) is 0 Å². The Morgan fingerprint density at radius 3 is 2.42 bits per heavy atom. The van der Waals surface area contributed by atoms with Crippen LogP contribution in [0.1, 0.15) is 33.6 Å². The molecule has 0 amide bonds. The van der Waals surface area contributed by atoms with E-state index in [0.717, 1.165) is 18.4 Å². The van der Waals surface area contributed by atoms with Gasteiger partial charge in [0.15, 0.2) is 0 Å². The maximum atomic E-state index is 9.45. The molecule has 0 aliphatic carbocycles. The fourth-order valence-electron chi connectivity index (χ4n) is 0.967. The smallest absolute Gasteiger partial charge is 0.0614 e. The highest BCUT2D eigenvalue weighted by Gasteiger charge is 2.08. The average Bonchev–Trinajstić information content (AvgIpc) is 2.00. The van der Waals surface area contributed by atoms with Crippen LogP contribution < -0.4 is 0 Å². The van der Waals surface area contributed by atoms with Crippen LogP contribution >= 0.6 is 0 Å². The van der Waals surface area contributed by atoms with Crippen LogP contribution in [0.15, 0.2) is 11.6 Å². The molecule has 2 nitrogen and oxygen atoms in total. The van der Waals surface area contributed by atoms with E-state index in [2.05, 4.69) is 0 Å². The molecule has 0 aromatic carbocycles. The summed E-state index contributed by atoms with van der Waals surface area (Å²) in [4.78, 5) is 0. The van der Waals surface area contributed by atoms with Crippen molar-refractivity contribution < 1.29 is 10.2 Å². The minimum absolute atomic E-state index is 0.101. The largest absolute Gasteiger partial charge is 0.393 e. The van der Waals surface area contributed by atoms with Gasteiger partial charge in [0.1, 0.15) is 0 Å². The van der Waals surface area contributed by atoms with Crippen molar-refractivity contribution in [2.45, 2.75) is 39.7 Å². The van der Waals surface area contributed by atoms with Crippen molar-refractivity contribution >= 4 is 0 Å². The van der Waals surface area contributed by atoms with Gasteiger partial charge in [0.2, 0.25) is 0 Å². The maximum absolute atomic E-state index is 9.45. The van der Waals surface area contributed by atoms with Crippen molar-refractivity contribution in [3.63, 3.8) is 0 Å². The zero-order valence-electron chi connectivity index (χ0n) is 8.25. The third kappa shape index (κ3) is 5.33. The van der Waals surface area contributed by atoms with Crippen LogP contribution in [-0.4, -0.2) is 22.9 Å². The Kier molecular flexibility index (Phi) is 6.03.